The van der Waals surface area contributed by atoms with Crippen LogP contribution >= 0.6 is 0 Å². The van der Waals surface area contributed by atoms with E-state index in [0.29, 0.717) is 37.7 Å². The molecule has 9 heteroatoms. The summed E-state index contributed by atoms with van der Waals surface area (Å²) in [4.78, 5) is 23.4. The summed E-state index contributed by atoms with van der Waals surface area (Å²) in [5.74, 6) is 0.316. The van der Waals surface area contributed by atoms with E-state index in [2.05, 4.69) is 9.97 Å². The van der Waals surface area contributed by atoms with Gasteiger partial charge in [0.25, 0.3) is 5.91 Å². The number of halogens is 3. The average molecular weight is 396 g/mol. The van der Waals surface area contributed by atoms with E-state index in [1.807, 2.05) is 11.8 Å². The van der Waals surface area contributed by atoms with Crippen molar-refractivity contribution >= 4 is 11.7 Å². The average Bonchev–Trinajstić information content (AvgIpc) is 2.95. The molecule has 1 aliphatic heterocycles. The van der Waals surface area contributed by atoms with Crippen molar-refractivity contribution in [1.29, 1.82) is 0 Å². The third-order valence-corrected chi connectivity index (χ3v) is 5.09. The fourth-order valence-electron chi connectivity index (χ4n) is 3.64. The van der Waals surface area contributed by atoms with Gasteiger partial charge in [0.1, 0.15) is 11.5 Å². The molecule has 1 saturated heterocycles. The van der Waals surface area contributed by atoms with Crippen LogP contribution in [-0.4, -0.2) is 52.1 Å². The van der Waals surface area contributed by atoms with Crippen molar-refractivity contribution in [3.05, 3.63) is 46.4 Å². The normalized spacial score (nSPS) is 16.4. The van der Waals surface area contributed by atoms with Crippen molar-refractivity contribution in [3.63, 3.8) is 0 Å². The zero-order chi connectivity index (χ0) is 20.6. The van der Waals surface area contributed by atoms with Crippen LogP contribution in [-0.2, 0) is 6.18 Å². The summed E-state index contributed by atoms with van der Waals surface area (Å²) in [6, 6.07) is 2.37. The van der Waals surface area contributed by atoms with Crippen LogP contribution in [0.15, 0.2) is 18.3 Å². The lowest BCUT2D eigenvalue weighted by Crippen LogP contribution is -2.49. The molecule has 1 atom stereocenters. The van der Waals surface area contributed by atoms with E-state index in [4.69, 9.17) is 0 Å². The lowest BCUT2D eigenvalue weighted by molar-refractivity contribution is -0.137. The topological polar surface area (TPSA) is 72.5 Å². The van der Waals surface area contributed by atoms with Crippen molar-refractivity contribution < 1.29 is 23.1 Å². The summed E-state index contributed by atoms with van der Waals surface area (Å²) < 4.78 is 38.0. The highest BCUT2D eigenvalue weighted by molar-refractivity contribution is 5.94. The number of aromatic nitrogens is 2. The monoisotopic (exact) mass is 396 g/mol. The summed E-state index contributed by atoms with van der Waals surface area (Å²) in [6.07, 6.45) is -4.25. The lowest BCUT2D eigenvalue weighted by atomic mass is 10.1. The first-order valence-electron chi connectivity index (χ1n) is 9.04. The number of carbonyl (C=O) groups is 1. The predicted octanol–water partition coefficient (Wildman–Crippen LogP) is 3.06. The molecule has 1 fully saturated rings. The van der Waals surface area contributed by atoms with Gasteiger partial charge in [0.15, 0.2) is 0 Å². The Balaban J connectivity index is 1.67. The van der Waals surface area contributed by atoms with Crippen LogP contribution < -0.4 is 4.90 Å². The molecule has 0 bridgehead atoms. The Kier molecular flexibility index (Phi) is 5.38. The molecule has 0 aromatic carbocycles. The maximum absolute atomic E-state index is 12.9. The minimum Gasteiger partial charge on any atom is -0.389 e. The minimum atomic E-state index is -4.41. The first kappa shape index (κ1) is 20.2. The fourth-order valence-corrected chi connectivity index (χ4v) is 3.64. The Morgan fingerprint density at radius 1 is 1.21 bits per heavy atom. The van der Waals surface area contributed by atoms with Crippen LogP contribution in [0.2, 0.25) is 0 Å². The number of pyridine rings is 1. The zero-order valence-corrected chi connectivity index (χ0v) is 16.0. The molecule has 3 rings (SSSR count). The maximum atomic E-state index is 12.9. The molecule has 0 saturated carbocycles. The molecule has 3 heterocycles. The van der Waals surface area contributed by atoms with E-state index >= 15 is 0 Å². The smallest absolute Gasteiger partial charge is 0.389 e. The summed E-state index contributed by atoms with van der Waals surface area (Å²) in [5, 5.41) is 9.89. The van der Waals surface area contributed by atoms with Crippen molar-refractivity contribution in [2.45, 2.75) is 33.1 Å². The highest BCUT2D eigenvalue weighted by Gasteiger charge is 2.31. The first-order chi connectivity index (χ1) is 13.1. The number of rotatable bonds is 3. The van der Waals surface area contributed by atoms with Gasteiger partial charge in [0.2, 0.25) is 0 Å². The van der Waals surface area contributed by atoms with Crippen LogP contribution in [0.25, 0.3) is 0 Å². The summed E-state index contributed by atoms with van der Waals surface area (Å²) in [7, 11) is 0. The number of piperazine rings is 1. The van der Waals surface area contributed by atoms with E-state index < -0.39 is 17.8 Å². The second-order valence-corrected chi connectivity index (χ2v) is 7.02. The summed E-state index contributed by atoms with van der Waals surface area (Å²) in [6.45, 7) is 7.11. The summed E-state index contributed by atoms with van der Waals surface area (Å²) >= 11 is 0. The molecule has 1 amide bonds. The van der Waals surface area contributed by atoms with Crippen molar-refractivity contribution in [2.24, 2.45) is 0 Å². The number of alkyl halides is 3. The number of aromatic amines is 1. The van der Waals surface area contributed by atoms with Crippen molar-refractivity contribution in [3.8, 4) is 0 Å². The van der Waals surface area contributed by atoms with Gasteiger partial charge in [-0.1, -0.05) is 0 Å². The Morgan fingerprint density at radius 2 is 1.86 bits per heavy atom. The van der Waals surface area contributed by atoms with E-state index in [1.165, 1.54) is 6.07 Å². The Hall–Kier alpha value is -2.55. The van der Waals surface area contributed by atoms with Crippen LogP contribution in [0.3, 0.4) is 0 Å². The second-order valence-electron chi connectivity index (χ2n) is 7.02. The molecule has 0 unspecified atom stereocenters. The van der Waals surface area contributed by atoms with Crippen molar-refractivity contribution in [2.75, 3.05) is 31.1 Å². The maximum Gasteiger partial charge on any atom is 0.417 e. The quantitative estimate of drug-likeness (QED) is 0.837. The Bertz CT molecular complexity index is 851. The van der Waals surface area contributed by atoms with Gasteiger partial charge in [-0.15, -0.1) is 0 Å². The van der Waals surface area contributed by atoms with Crippen LogP contribution in [0.4, 0.5) is 19.0 Å². The number of nitrogens with one attached hydrogen (secondary N) is 1. The number of anilines is 1. The number of nitrogens with zero attached hydrogens (tertiary/aromatic N) is 3. The molecule has 0 aliphatic carbocycles. The number of H-pyrrole nitrogens is 1. The second kappa shape index (κ2) is 7.46. The van der Waals surface area contributed by atoms with Gasteiger partial charge in [-0.2, -0.15) is 13.2 Å². The summed E-state index contributed by atoms with van der Waals surface area (Å²) in [5.41, 5.74) is 1.93. The molecule has 0 radical (unpaired) electrons. The molecule has 0 spiro atoms. The predicted molar refractivity (Wildman–Crippen MR) is 98.3 cm³/mol. The molecular weight excluding hydrogens is 373 g/mol. The van der Waals surface area contributed by atoms with Gasteiger partial charge in [-0.05, 0) is 38.5 Å². The molecule has 6 nitrogen and oxygen atoms in total. The zero-order valence-electron chi connectivity index (χ0n) is 16.0. The van der Waals surface area contributed by atoms with Crippen LogP contribution in [0, 0.1) is 13.8 Å². The van der Waals surface area contributed by atoms with Crippen LogP contribution in [0.1, 0.15) is 45.9 Å². The molecule has 2 aromatic heterocycles. The number of aliphatic hydroxyl groups excluding tert-OH is 1. The number of hydrogen-bond donors (Lipinski definition) is 2. The highest BCUT2D eigenvalue weighted by Crippen LogP contribution is 2.30. The molecule has 2 aromatic rings. The van der Waals surface area contributed by atoms with E-state index in [9.17, 15) is 23.1 Å². The van der Waals surface area contributed by atoms with Crippen molar-refractivity contribution in [1.82, 2.24) is 14.9 Å². The van der Waals surface area contributed by atoms with E-state index in [1.54, 1.807) is 18.7 Å². The lowest BCUT2D eigenvalue weighted by Gasteiger charge is -2.35. The van der Waals surface area contributed by atoms with Gasteiger partial charge in [-0.25, -0.2) is 4.98 Å². The number of hydrogen-bond acceptors (Lipinski definition) is 4. The minimum absolute atomic E-state index is 0.146. The number of aryl methyl sites for hydroxylation is 1. The van der Waals surface area contributed by atoms with E-state index in [0.717, 1.165) is 29.1 Å². The van der Waals surface area contributed by atoms with Gasteiger partial charge < -0.3 is 19.9 Å². The molecular formula is C19H23F3N4O2. The number of amides is 1. The SMILES string of the molecule is Cc1[nH]c(C(=O)N2CCN(c3ccc(C(F)(F)F)cn3)CC2)c(C)c1[C@H](C)O. The van der Waals surface area contributed by atoms with Gasteiger partial charge >= 0.3 is 6.18 Å². The van der Waals surface area contributed by atoms with Gasteiger partial charge in [0.05, 0.1) is 11.7 Å². The molecule has 28 heavy (non-hydrogen) atoms. The first-order valence-corrected chi connectivity index (χ1v) is 9.04. The van der Waals surface area contributed by atoms with Gasteiger partial charge in [0, 0.05) is 43.6 Å². The number of carbonyl (C=O) groups excluding carboxylic acids is 1. The molecule has 1 aliphatic rings. The Morgan fingerprint density at radius 3 is 2.32 bits per heavy atom. The number of aliphatic hydroxyl groups is 1. The standard InChI is InChI=1S/C19H23F3N4O2/c1-11-16(13(3)27)12(2)24-17(11)18(28)26-8-6-25(7-9-26)15-5-4-14(10-23-15)19(20,21)22/h4-5,10,13,24,27H,6-9H2,1-3H3/t13-/m0/s1. The largest absolute Gasteiger partial charge is 0.417 e. The Labute approximate surface area is 161 Å². The molecule has 152 valence electrons. The molecule has 2 N–H and O–H groups in total. The highest BCUT2D eigenvalue weighted by atomic mass is 19.4. The fraction of sp³-hybridized carbons (Fsp3) is 0.474. The van der Waals surface area contributed by atoms with Crippen LogP contribution in [0.5, 0.6) is 0 Å². The van der Waals surface area contributed by atoms with E-state index in [-0.39, 0.29) is 5.91 Å². The third kappa shape index (κ3) is 3.84. The van der Waals surface area contributed by atoms with Gasteiger partial charge in [-0.3, -0.25) is 4.79 Å². The third-order valence-electron chi connectivity index (χ3n) is 5.09.